The molecule has 2 aromatic heterocycles. The minimum Gasteiger partial charge on any atom is -0.444 e. The van der Waals surface area contributed by atoms with E-state index in [1.807, 2.05) is 68.8 Å². The van der Waals surface area contributed by atoms with Gasteiger partial charge in [-0.15, -0.1) is 0 Å². The van der Waals surface area contributed by atoms with Crippen LogP contribution >= 0.6 is 0 Å². The van der Waals surface area contributed by atoms with Crippen molar-refractivity contribution in [3.8, 4) is 23.2 Å². The molecule has 42 heavy (non-hydrogen) atoms. The van der Waals surface area contributed by atoms with Crippen LogP contribution in [0.4, 0.5) is 4.79 Å². The Morgan fingerprint density at radius 1 is 1.14 bits per heavy atom. The van der Waals surface area contributed by atoms with E-state index in [-0.39, 0.29) is 24.5 Å². The maximum Gasteiger partial charge on any atom is 0.407 e. The zero-order chi connectivity index (χ0) is 29.5. The summed E-state index contributed by atoms with van der Waals surface area (Å²) in [5, 5.41) is 7.28. The Balaban J connectivity index is 1.11. The average Bonchev–Trinajstić information content (AvgIpc) is 3.63. The highest BCUT2D eigenvalue weighted by molar-refractivity contribution is 5.68. The van der Waals surface area contributed by atoms with Crippen LogP contribution in [0.15, 0.2) is 47.2 Å². The van der Waals surface area contributed by atoms with Gasteiger partial charge in [0.05, 0.1) is 6.54 Å². The third-order valence-electron chi connectivity index (χ3n) is 7.53. The van der Waals surface area contributed by atoms with Crippen molar-refractivity contribution in [3.05, 3.63) is 59.8 Å². The van der Waals surface area contributed by atoms with Crippen LogP contribution in [-0.2, 0) is 20.8 Å². The number of carbonyl (C=O) groups is 1. The summed E-state index contributed by atoms with van der Waals surface area (Å²) in [4.78, 5) is 16.6. The highest BCUT2D eigenvalue weighted by atomic mass is 16.7. The van der Waals surface area contributed by atoms with Crippen LogP contribution in [0.25, 0.3) is 11.3 Å². The fourth-order valence-corrected chi connectivity index (χ4v) is 5.38. The number of nitrogens with one attached hydrogen (secondary N) is 1. The van der Waals surface area contributed by atoms with Crippen molar-refractivity contribution in [2.24, 2.45) is 5.92 Å². The monoisotopic (exact) mass is 574 g/mol. The van der Waals surface area contributed by atoms with Crippen LogP contribution in [0.5, 0.6) is 0 Å². The molecule has 0 spiro atoms. The Morgan fingerprint density at radius 2 is 1.93 bits per heavy atom. The van der Waals surface area contributed by atoms with E-state index in [2.05, 4.69) is 27.3 Å². The van der Waals surface area contributed by atoms with E-state index in [1.165, 1.54) is 0 Å². The van der Waals surface area contributed by atoms with E-state index in [0.29, 0.717) is 18.2 Å². The molecule has 1 aliphatic heterocycles. The fourth-order valence-electron chi connectivity index (χ4n) is 5.38. The van der Waals surface area contributed by atoms with Crippen LogP contribution in [0, 0.1) is 17.8 Å². The number of nitrogens with zero attached hydrogens (tertiary/aromatic N) is 3. The molecular formula is C33H42N4O5. The first-order valence-corrected chi connectivity index (χ1v) is 15.1. The molecule has 1 N–H and O–H groups in total. The van der Waals surface area contributed by atoms with E-state index >= 15 is 0 Å². The van der Waals surface area contributed by atoms with Crippen molar-refractivity contribution in [2.45, 2.75) is 103 Å². The highest BCUT2D eigenvalue weighted by Gasteiger charge is 2.24. The van der Waals surface area contributed by atoms with Crippen LogP contribution in [-0.4, -0.2) is 45.3 Å². The Labute approximate surface area is 248 Å². The van der Waals surface area contributed by atoms with Crippen molar-refractivity contribution in [3.63, 3.8) is 0 Å². The van der Waals surface area contributed by atoms with E-state index in [0.717, 1.165) is 74.2 Å². The summed E-state index contributed by atoms with van der Waals surface area (Å²) in [5.74, 6) is 8.62. The number of hydrogen-bond acceptors (Lipinski definition) is 7. The molecule has 1 aliphatic carbocycles. The summed E-state index contributed by atoms with van der Waals surface area (Å²) in [6, 6.07) is 10.2. The first-order chi connectivity index (χ1) is 20.2. The van der Waals surface area contributed by atoms with Gasteiger partial charge in [-0.3, -0.25) is 0 Å². The lowest BCUT2D eigenvalue weighted by Crippen LogP contribution is -2.40. The molecule has 5 rings (SSSR count). The summed E-state index contributed by atoms with van der Waals surface area (Å²) in [6.07, 6.45) is 9.89. The topological polar surface area (TPSA) is 101 Å². The van der Waals surface area contributed by atoms with Crippen molar-refractivity contribution in [2.75, 3.05) is 6.61 Å². The maximum absolute atomic E-state index is 12.0. The molecule has 9 heteroatoms. The van der Waals surface area contributed by atoms with Crippen molar-refractivity contribution < 1.29 is 23.5 Å². The minimum absolute atomic E-state index is 0.150. The second-order valence-electron chi connectivity index (χ2n) is 12.2. The fraction of sp³-hybridized carbons (Fsp3) is 0.545. The molecule has 2 aliphatic rings. The van der Waals surface area contributed by atoms with Gasteiger partial charge in [-0.1, -0.05) is 17.0 Å². The molecule has 0 bridgehead atoms. The van der Waals surface area contributed by atoms with Gasteiger partial charge in [0.25, 0.3) is 0 Å². The van der Waals surface area contributed by atoms with Gasteiger partial charge in [0, 0.05) is 48.2 Å². The van der Waals surface area contributed by atoms with E-state index in [1.54, 1.807) is 6.20 Å². The standard InChI is InChI=1S/C33H42N4O5/c1-23(40-30-7-5-6-20-39-30)31-34-18-19-37(31)22-28-21-29(42-36-28)26-14-10-24(11-15-26)8-9-25-12-16-27(17-13-25)35-32(38)41-33(2,3)4/h10-11,14-15,18-19,21,23,25,27,30H,5-7,12-13,16-17,20,22H2,1-4H3,(H,35,38)/t23-,25?,27?,30-/m0/s1. The summed E-state index contributed by atoms with van der Waals surface area (Å²) in [6.45, 7) is 8.91. The molecular weight excluding hydrogens is 532 g/mol. The third-order valence-corrected chi connectivity index (χ3v) is 7.53. The lowest BCUT2D eigenvalue weighted by molar-refractivity contribution is -0.188. The molecule has 9 nitrogen and oxygen atoms in total. The smallest absolute Gasteiger partial charge is 0.407 e. The average molecular weight is 575 g/mol. The summed E-state index contributed by atoms with van der Waals surface area (Å²) in [7, 11) is 0. The number of aromatic nitrogens is 3. The van der Waals surface area contributed by atoms with Gasteiger partial charge in [0.1, 0.15) is 23.2 Å². The normalized spacial score (nSPS) is 21.7. The molecule has 3 aromatic rings. The van der Waals surface area contributed by atoms with Crippen LogP contribution in [0.1, 0.15) is 95.8 Å². The largest absolute Gasteiger partial charge is 0.444 e. The maximum atomic E-state index is 12.0. The highest BCUT2D eigenvalue weighted by Crippen LogP contribution is 2.26. The summed E-state index contributed by atoms with van der Waals surface area (Å²) < 4.78 is 24.9. The number of hydrogen-bond donors (Lipinski definition) is 1. The summed E-state index contributed by atoms with van der Waals surface area (Å²) >= 11 is 0. The van der Waals surface area contributed by atoms with Crippen LogP contribution in [0.2, 0.25) is 0 Å². The number of imidazole rings is 1. The van der Waals surface area contributed by atoms with E-state index in [9.17, 15) is 4.79 Å². The predicted molar refractivity (Wildman–Crippen MR) is 158 cm³/mol. The van der Waals surface area contributed by atoms with Gasteiger partial charge < -0.3 is 28.6 Å². The zero-order valence-electron chi connectivity index (χ0n) is 25.1. The van der Waals surface area contributed by atoms with Gasteiger partial charge in [-0.2, -0.15) is 0 Å². The molecule has 1 saturated heterocycles. The SMILES string of the molecule is C[C@H](O[C@H]1CCCCO1)c1nccn1Cc1cc(-c2ccc(C#CC3CCC(NC(=O)OC(C)(C)C)CC3)cc2)on1. The Kier molecular flexibility index (Phi) is 9.65. The molecule has 1 amide bonds. The first-order valence-electron chi connectivity index (χ1n) is 15.1. The zero-order valence-corrected chi connectivity index (χ0v) is 25.1. The number of ether oxygens (including phenoxy) is 3. The molecule has 3 heterocycles. The number of alkyl carbamates (subject to hydrolysis) is 1. The van der Waals surface area contributed by atoms with Gasteiger partial charge in [0.15, 0.2) is 12.1 Å². The van der Waals surface area contributed by atoms with Crippen molar-refractivity contribution in [1.29, 1.82) is 0 Å². The molecule has 2 fully saturated rings. The van der Waals surface area contributed by atoms with Crippen LogP contribution in [0.3, 0.4) is 0 Å². The number of amides is 1. The lowest BCUT2D eigenvalue weighted by atomic mass is 9.86. The summed E-state index contributed by atoms with van der Waals surface area (Å²) in [5.41, 5.74) is 2.24. The second kappa shape index (κ2) is 13.6. The first kappa shape index (κ1) is 29.9. The van der Waals surface area contributed by atoms with Crippen molar-refractivity contribution in [1.82, 2.24) is 20.0 Å². The number of rotatable bonds is 7. The van der Waals surface area contributed by atoms with Gasteiger partial charge >= 0.3 is 6.09 Å². The Bertz CT molecular complexity index is 1360. The molecule has 1 saturated carbocycles. The Morgan fingerprint density at radius 3 is 2.64 bits per heavy atom. The quantitative estimate of drug-likeness (QED) is 0.316. The minimum atomic E-state index is -0.485. The lowest BCUT2D eigenvalue weighted by Gasteiger charge is -2.28. The molecule has 1 aromatic carbocycles. The molecule has 0 radical (unpaired) electrons. The van der Waals surface area contributed by atoms with Crippen molar-refractivity contribution >= 4 is 6.09 Å². The molecule has 224 valence electrons. The van der Waals surface area contributed by atoms with Gasteiger partial charge in [-0.05, 0) is 96.9 Å². The molecule has 2 atom stereocenters. The molecule has 0 unspecified atom stereocenters. The van der Waals surface area contributed by atoms with E-state index < -0.39 is 5.60 Å². The number of carbonyl (C=O) groups excluding carboxylic acids is 1. The second-order valence-corrected chi connectivity index (χ2v) is 12.2. The van der Waals surface area contributed by atoms with E-state index in [4.69, 9.17) is 18.7 Å². The number of benzene rings is 1. The van der Waals surface area contributed by atoms with Gasteiger partial charge in [-0.25, -0.2) is 9.78 Å². The predicted octanol–water partition coefficient (Wildman–Crippen LogP) is 6.63. The van der Waals surface area contributed by atoms with Gasteiger partial charge in [0.2, 0.25) is 0 Å². The van der Waals surface area contributed by atoms with Crippen LogP contribution < -0.4 is 5.32 Å². The third kappa shape index (κ3) is 8.46. The Hall–Kier alpha value is -3.61.